The van der Waals surface area contributed by atoms with Crippen molar-refractivity contribution >= 4 is 72.2 Å². The number of alkyl halides is 2. The third kappa shape index (κ3) is 5.55. The minimum atomic E-state index is -4.20. The van der Waals surface area contributed by atoms with E-state index in [1.807, 2.05) is 0 Å². The number of nitrogens with two attached hydrogens (primary N) is 2. The number of rotatable bonds is 2. The number of hydrogen-bond donors (Lipinski definition) is 8. The number of H-pyrrole nitrogens is 2. The van der Waals surface area contributed by atoms with Crippen LogP contribution in [0.25, 0.3) is 22.3 Å². The van der Waals surface area contributed by atoms with E-state index < -0.39 is 86.9 Å². The Hall–Kier alpha value is -2.92. The Labute approximate surface area is 264 Å². The van der Waals surface area contributed by atoms with E-state index in [2.05, 4.69) is 64.6 Å². The Morgan fingerprint density at radius 3 is 1.57 bits per heavy atom. The highest BCUT2D eigenvalue weighted by atomic mass is 32.7. The third-order valence-corrected chi connectivity index (χ3v) is 11.1. The molecule has 0 saturated carbocycles. The van der Waals surface area contributed by atoms with Gasteiger partial charge in [0.1, 0.15) is 24.4 Å². The highest BCUT2D eigenvalue weighted by molar-refractivity contribution is 8.45. The van der Waals surface area contributed by atoms with Crippen LogP contribution in [0.4, 0.5) is 20.7 Å². The van der Waals surface area contributed by atoms with Gasteiger partial charge in [-0.2, -0.15) is 9.97 Å². The number of ether oxygens (including phenoxy) is 2. The summed E-state index contributed by atoms with van der Waals surface area (Å²) in [6, 6.07) is 0. The predicted molar refractivity (Wildman–Crippen MR) is 162 cm³/mol. The molecule has 3 aliphatic heterocycles. The molecule has 0 aromatic carbocycles. The first kappa shape index (κ1) is 31.7. The smallest absolute Gasteiger partial charge is 0.324 e. The van der Waals surface area contributed by atoms with E-state index in [0.29, 0.717) is 0 Å². The first-order valence-corrected chi connectivity index (χ1v) is 18.8. The molecule has 248 valence electrons. The summed E-state index contributed by atoms with van der Waals surface area (Å²) in [5, 5.41) is 5.01. The normalized spacial score (nSPS) is 37.1. The molecule has 8 N–H and O–H groups in total. The van der Waals surface area contributed by atoms with Gasteiger partial charge in [0.25, 0.3) is 11.1 Å². The molecule has 0 radical (unpaired) electrons. The van der Waals surface area contributed by atoms with Crippen LogP contribution in [0.3, 0.4) is 0 Å². The van der Waals surface area contributed by atoms with E-state index in [1.54, 1.807) is 0 Å². The second kappa shape index (κ2) is 11.4. The van der Waals surface area contributed by atoms with E-state index in [-0.39, 0.29) is 34.2 Å². The van der Waals surface area contributed by atoms with Crippen LogP contribution < -0.4 is 32.8 Å². The lowest BCUT2D eigenvalue weighted by atomic mass is 10.1. The number of nitrogens with zero attached hydrogens (tertiary/aromatic N) is 6. The molecule has 4 aromatic heterocycles. The fraction of sp³-hybridized carbons (Fsp3) is 0.500. The number of halogens is 2. The first-order chi connectivity index (χ1) is 21.7. The van der Waals surface area contributed by atoms with Crippen LogP contribution >= 0.6 is 37.9 Å². The first-order valence-electron chi connectivity index (χ1n) is 13.3. The molecule has 10 atom stereocenters. The van der Waals surface area contributed by atoms with Gasteiger partial charge in [-0.1, -0.05) is 24.5 Å². The molecule has 20 nitrogen and oxygen atoms in total. The Bertz CT molecular complexity index is 1920. The quantitative estimate of drug-likeness (QED) is 0.0992. The van der Waals surface area contributed by atoms with Crippen LogP contribution in [0.2, 0.25) is 0 Å². The molecule has 0 spiro atoms. The van der Waals surface area contributed by atoms with Crippen LogP contribution in [-0.2, 0) is 27.7 Å². The minimum absolute atomic E-state index is 0.101. The van der Waals surface area contributed by atoms with Crippen molar-refractivity contribution in [2.45, 2.75) is 49.2 Å². The van der Waals surface area contributed by atoms with Crippen LogP contribution in [0, 0.1) is 0 Å². The maximum absolute atomic E-state index is 16.0. The lowest BCUT2D eigenvalue weighted by molar-refractivity contribution is -0.0214. The fourth-order valence-corrected chi connectivity index (χ4v) is 8.77. The second-order valence-corrected chi connectivity index (χ2v) is 16.8. The lowest BCUT2D eigenvalue weighted by Gasteiger charge is -2.29. The van der Waals surface area contributed by atoms with Gasteiger partial charge in [-0.25, -0.2) is 28.9 Å². The Balaban J connectivity index is 1.18. The standard InChI is InChI=1S/C20H24F2N12O8P2S2/c21-7-11-5(39-17(7)33-3-25-9-13(33)29-19(23)31-15(9)35)1-27-43(37,45)42-12-6(2-28-44(38,46)41-11)40-18(8(12)22)34-4-26-10-14(34)30-20(24)32-16(10)36/h3-8,11-12,17-18H,1-2H2,(H2,27,37,45)(H2,28,38,46)(H3,23,29,31,35)(H3,24,30,32,36). The number of fused-ring (bicyclic) bond motifs is 4. The van der Waals surface area contributed by atoms with Gasteiger partial charge in [-0.3, -0.25) is 37.8 Å². The average Bonchev–Trinajstić information content (AvgIpc) is 3.72. The van der Waals surface area contributed by atoms with Crippen molar-refractivity contribution in [3.8, 4) is 0 Å². The van der Waals surface area contributed by atoms with Gasteiger partial charge >= 0.3 is 13.4 Å². The molecule has 7 rings (SSSR count). The van der Waals surface area contributed by atoms with Crippen molar-refractivity contribution in [3.05, 3.63) is 33.4 Å². The summed E-state index contributed by atoms with van der Waals surface area (Å²) in [4.78, 5) is 44.9. The van der Waals surface area contributed by atoms with E-state index >= 15 is 8.78 Å². The number of aromatic nitrogens is 8. The van der Waals surface area contributed by atoms with Crippen LogP contribution in [0.15, 0.2) is 22.2 Å². The molecule has 0 aliphatic carbocycles. The summed E-state index contributed by atoms with van der Waals surface area (Å²) >= 11 is 8.16. The van der Waals surface area contributed by atoms with E-state index in [9.17, 15) is 18.7 Å². The summed E-state index contributed by atoms with van der Waals surface area (Å²) < 4.78 is 84.1. The molecule has 3 fully saturated rings. The van der Waals surface area contributed by atoms with Crippen LogP contribution in [0.1, 0.15) is 12.5 Å². The SMILES string of the molecule is Nc1nc2c(ncn2C2OC3CNP(=O)(S)OC4C(CNP(=O)(S)OC3C2F)OC(n2cnc3c(=O)[nH]c(N)nc32)C4F)c(=O)[nH]1. The maximum atomic E-state index is 16.0. The largest absolute Gasteiger partial charge is 0.369 e. The second-order valence-electron chi connectivity index (χ2n) is 10.5. The molecular weight excluding hydrogens is 700 g/mol. The van der Waals surface area contributed by atoms with Crippen LogP contribution in [0.5, 0.6) is 0 Å². The van der Waals surface area contributed by atoms with E-state index in [0.717, 1.165) is 21.8 Å². The zero-order valence-corrected chi connectivity index (χ0v) is 26.4. The van der Waals surface area contributed by atoms with Crippen molar-refractivity contribution in [1.82, 2.24) is 49.2 Å². The molecule has 46 heavy (non-hydrogen) atoms. The molecule has 3 aliphatic rings. The lowest BCUT2D eigenvalue weighted by Crippen LogP contribution is -2.42. The van der Waals surface area contributed by atoms with Crippen molar-refractivity contribution in [2.24, 2.45) is 0 Å². The number of nitrogens with one attached hydrogen (secondary N) is 4. The van der Waals surface area contributed by atoms with Gasteiger partial charge in [-0.15, -0.1) is 0 Å². The van der Waals surface area contributed by atoms with E-state index in [4.69, 9.17) is 30.0 Å². The molecule has 7 heterocycles. The Kier molecular flexibility index (Phi) is 7.82. The highest BCUT2D eigenvalue weighted by Crippen LogP contribution is 2.55. The highest BCUT2D eigenvalue weighted by Gasteiger charge is 2.53. The number of imidazole rings is 2. The Morgan fingerprint density at radius 1 is 0.783 bits per heavy atom. The molecule has 3 saturated heterocycles. The molecule has 0 amide bonds. The zero-order chi connectivity index (χ0) is 32.7. The predicted octanol–water partition coefficient (Wildman–Crippen LogP) is -0.0728. The van der Waals surface area contributed by atoms with Crippen LogP contribution in [-0.4, -0.2) is 88.9 Å². The van der Waals surface area contributed by atoms with Gasteiger partial charge in [-0.05, 0) is 0 Å². The third-order valence-electron chi connectivity index (χ3n) is 7.50. The topological polar surface area (TPSA) is 274 Å². The average molecular weight is 725 g/mol. The summed E-state index contributed by atoms with van der Waals surface area (Å²) in [5.41, 5.74) is 9.45. The van der Waals surface area contributed by atoms with Gasteiger partial charge in [0.2, 0.25) is 11.9 Å². The monoisotopic (exact) mass is 724 g/mol. The van der Waals surface area contributed by atoms with Crippen molar-refractivity contribution in [1.29, 1.82) is 0 Å². The van der Waals surface area contributed by atoms with Gasteiger partial charge < -0.3 is 30.0 Å². The van der Waals surface area contributed by atoms with Gasteiger partial charge in [0, 0.05) is 13.1 Å². The number of anilines is 2. The van der Waals surface area contributed by atoms with E-state index in [1.165, 1.54) is 0 Å². The van der Waals surface area contributed by atoms with Crippen molar-refractivity contribution in [3.63, 3.8) is 0 Å². The van der Waals surface area contributed by atoms with Gasteiger partial charge in [0.15, 0.2) is 47.1 Å². The number of nitrogen functional groups attached to an aromatic ring is 2. The number of aromatic amines is 2. The minimum Gasteiger partial charge on any atom is -0.369 e. The number of thiol groups is 2. The van der Waals surface area contributed by atoms with Crippen molar-refractivity contribution in [2.75, 3.05) is 24.6 Å². The summed E-state index contributed by atoms with van der Waals surface area (Å²) in [6.07, 6.45) is -10.8. The number of hydrogen-bond acceptors (Lipinski definition) is 14. The maximum Gasteiger partial charge on any atom is 0.324 e. The molecule has 0 bridgehead atoms. The molecular formula is C20H24F2N12O8P2S2. The van der Waals surface area contributed by atoms with Crippen molar-refractivity contribution < 1.29 is 36.4 Å². The molecule has 4 aromatic rings. The molecule has 26 heteroatoms. The fourth-order valence-electron chi connectivity index (χ4n) is 5.49. The van der Waals surface area contributed by atoms with Gasteiger partial charge in [0.05, 0.1) is 12.7 Å². The summed E-state index contributed by atoms with van der Waals surface area (Å²) in [6.45, 7) is -9.33. The zero-order valence-electron chi connectivity index (χ0n) is 22.8. The summed E-state index contributed by atoms with van der Waals surface area (Å²) in [5.74, 6) is -0.517. The summed E-state index contributed by atoms with van der Waals surface area (Å²) in [7, 11) is 0. The molecule has 10 unspecified atom stereocenters. The Morgan fingerprint density at radius 2 is 1.17 bits per heavy atom.